The lowest BCUT2D eigenvalue weighted by Gasteiger charge is -2.17. The predicted octanol–water partition coefficient (Wildman–Crippen LogP) is 2.40. The summed E-state index contributed by atoms with van der Waals surface area (Å²) in [5.41, 5.74) is -0.379. The second-order valence-corrected chi connectivity index (χ2v) is 7.54. The summed E-state index contributed by atoms with van der Waals surface area (Å²) in [5, 5.41) is 2.98. The number of nitrogens with zero attached hydrogens (tertiary/aromatic N) is 2. The number of anilines is 1. The van der Waals surface area contributed by atoms with Gasteiger partial charge >= 0.3 is 5.63 Å². The van der Waals surface area contributed by atoms with Gasteiger partial charge in [-0.2, -0.15) is 4.98 Å². The SMILES string of the molecule is CCc1cc(=O)oc2nc(OCc3ccnc(NC(=O)C(C)(C)C)c3)[nH]c(=O)c12. The summed E-state index contributed by atoms with van der Waals surface area (Å²) in [6.45, 7) is 7.31. The van der Waals surface area contributed by atoms with Crippen molar-refractivity contribution in [3.8, 4) is 6.01 Å². The van der Waals surface area contributed by atoms with Gasteiger partial charge in [-0.05, 0) is 29.7 Å². The van der Waals surface area contributed by atoms with Crippen LogP contribution in [0.25, 0.3) is 11.1 Å². The molecule has 3 rings (SSSR count). The van der Waals surface area contributed by atoms with Crippen LogP contribution in [0.5, 0.6) is 6.01 Å². The summed E-state index contributed by atoms with van der Waals surface area (Å²) in [7, 11) is 0. The highest BCUT2D eigenvalue weighted by Gasteiger charge is 2.21. The molecule has 3 heterocycles. The molecule has 3 aromatic rings. The van der Waals surface area contributed by atoms with Gasteiger partial charge < -0.3 is 14.5 Å². The van der Waals surface area contributed by atoms with Crippen LogP contribution in [0.3, 0.4) is 0 Å². The molecule has 9 heteroatoms. The molecule has 0 atom stereocenters. The van der Waals surface area contributed by atoms with Crippen LogP contribution in [0.1, 0.15) is 38.8 Å². The van der Waals surface area contributed by atoms with Gasteiger partial charge in [-0.15, -0.1) is 0 Å². The fourth-order valence-corrected chi connectivity index (χ4v) is 2.56. The molecule has 0 saturated carbocycles. The van der Waals surface area contributed by atoms with Crippen molar-refractivity contribution in [2.24, 2.45) is 5.41 Å². The molecule has 29 heavy (non-hydrogen) atoms. The van der Waals surface area contributed by atoms with Gasteiger partial charge in [0.05, 0.1) is 0 Å². The highest BCUT2D eigenvalue weighted by atomic mass is 16.5. The molecule has 0 radical (unpaired) electrons. The average molecular weight is 398 g/mol. The van der Waals surface area contributed by atoms with Gasteiger partial charge in [0.15, 0.2) is 0 Å². The Bertz CT molecular complexity index is 1170. The summed E-state index contributed by atoms with van der Waals surface area (Å²) >= 11 is 0. The van der Waals surface area contributed by atoms with Gasteiger partial charge in [-0.1, -0.05) is 27.7 Å². The predicted molar refractivity (Wildman–Crippen MR) is 107 cm³/mol. The molecule has 0 aliphatic rings. The summed E-state index contributed by atoms with van der Waals surface area (Å²) in [5.74, 6) is 0.231. The summed E-state index contributed by atoms with van der Waals surface area (Å²) < 4.78 is 10.6. The normalized spacial score (nSPS) is 11.4. The van der Waals surface area contributed by atoms with Gasteiger partial charge in [-0.25, -0.2) is 9.78 Å². The first-order valence-electron chi connectivity index (χ1n) is 9.13. The van der Waals surface area contributed by atoms with Gasteiger partial charge in [0, 0.05) is 17.7 Å². The zero-order chi connectivity index (χ0) is 21.2. The fourth-order valence-electron chi connectivity index (χ4n) is 2.56. The second-order valence-electron chi connectivity index (χ2n) is 7.54. The minimum atomic E-state index is -0.577. The van der Waals surface area contributed by atoms with E-state index in [1.165, 1.54) is 6.07 Å². The van der Waals surface area contributed by atoms with E-state index in [0.29, 0.717) is 23.4 Å². The molecule has 0 spiro atoms. The van der Waals surface area contributed by atoms with Crippen molar-refractivity contribution >= 4 is 22.8 Å². The largest absolute Gasteiger partial charge is 0.460 e. The van der Waals surface area contributed by atoms with Crippen molar-refractivity contribution in [2.75, 3.05) is 5.32 Å². The standard InChI is InChI=1S/C20H22N4O5/c1-5-12-9-14(25)29-17-15(12)16(26)23-19(24-17)28-10-11-6-7-21-13(8-11)22-18(27)20(2,3)4/h6-9H,5,10H2,1-4H3,(H,21,22,27)(H,23,24,26). The maximum Gasteiger partial charge on any atom is 0.337 e. The molecule has 0 fully saturated rings. The van der Waals surface area contributed by atoms with Crippen molar-refractivity contribution in [3.63, 3.8) is 0 Å². The minimum Gasteiger partial charge on any atom is -0.460 e. The van der Waals surface area contributed by atoms with Crippen molar-refractivity contribution in [2.45, 2.75) is 40.7 Å². The van der Waals surface area contributed by atoms with E-state index in [0.717, 1.165) is 0 Å². The lowest BCUT2D eigenvalue weighted by atomic mass is 9.96. The Morgan fingerprint density at radius 1 is 1.28 bits per heavy atom. The molecule has 0 aromatic carbocycles. The molecule has 2 N–H and O–H groups in total. The smallest absolute Gasteiger partial charge is 0.337 e. The summed E-state index contributed by atoms with van der Waals surface area (Å²) in [6.07, 6.45) is 2.03. The van der Waals surface area contributed by atoms with Crippen LogP contribution in [-0.2, 0) is 17.8 Å². The Morgan fingerprint density at radius 3 is 2.72 bits per heavy atom. The number of aromatic amines is 1. The van der Waals surface area contributed by atoms with Crippen LogP contribution in [0.2, 0.25) is 0 Å². The number of aryl methyl sites for hydroxylation is 1. The van der Waals surface area contributed by atoms with Crippen molar-refractivity contribution < 1.29 is 13.9 Å². The Morgan fingerprint density at radius 2 is 2.03 bits per heavy atom. The fraction of sp³-hybridized carbons (Fsp3) is 0.350. The number of pyridine rings is 1. The molecule has 152 valence electrons. The number of amides is 1. The number of hydrogen-bond donors (Lipinski definition) is 2. The van der Waals surface area contributed by atoms with Crippen LogP contribution in [0, 0.1) is 5.41 Å². The Balaban J connectivity index is 1.81. The second kappa shape index (κ2) is 7.86. The molecule has 0 saturated heterocycles. The van der Waals surface area contributed by atoms with E-state index < -0.39 is 16.6 Å². The van der Waals surface area contributed by atoms with Gasteiger partial charge in [0.2, 0.25) is 11.6 Å². The highest BCUT2D eigenvalue weighted by molar-refractivity contribution is 5.93. The average Bonchev–Trinajstić information content (AvgIpc) is 2.64. The first-order chi connectivity index (χ1) is 13.7. The topological polar surface area (TPSA) is 127 Å². The molecule has 1 amide bonds. The van der Waals surface area contributed by atoms with E-state index in [4.69, 9.17) is 9.15 Å². The van der Waals surface area contributed by atoms with Gasteiger partial charge in [0.25, 0.3) is 11.6 Å². The molecule has 9 nitrogen and oxygen atoms in total. The number of fused-ring (bicyclic) bond motifs is 1. The molecule has 0 unspecified atom stereocenters. The molecule has 0 bridgehead atoms. The van der Waals surface area contributed by atoms with Crippen molar-refractivity contribution in [1.29, 1.82) is 0 Å². The van der Waals surface area contributed by atoms with Crippen LogP contribution < -0.4 is 21.2 Å². The molecule has 3 aromatic heterocycles. The summed E-state index contributed by atoms with van der Waals surface area (Å²) in [4.78, 5) is 46.9. The van der Waals surface area contributed by atoms with Gasteiger partial charge in [-0.3, -0.25) is 14.6 Å². The van der Waals surface area contributed by atoms with E-state index in [9.17, 15) is 14.4 Å². The van der Waals surface area contributed by atoms with E-state index in [-0.39, 0.29) is 29.6 Å². The number of nitrogens with one attached hydrogen (secondary N) is 2. The van der Waals surface area contributed by atoms with E-state index >= 15 is 0 Å². The lowest BCUT2D eigenvalue weighted by Crippen LogP contribution is -2.28. The molecule has 0 aliphatic heterocycles. The maximum atomic E-state index is 12.4. The Hall–Kier alpha value is -3.49. The van der Waals surface area contributed by atoms with E-state index in [1.807, 2.05) is 6.92 Å². The van der Waals surface area contributed by atoms with Crippen molar-refractivity contribution in [3.05, 3.63) is 56.3 Å². The highest BCUT2D eigenvalue weighted by Crippen LogP contribution is 2.18. The zero-order valence-electron chi connectivity index (χ0n) is 16.7. The number of H-pyrrole nitrogens is 1. The third-order valence-corrected chi connectivity index (χ3v) is 4.18. The first-order valence-corrected chi connectivity index (χ1v) is 9.13. The number of carbonyl (C=O) groups is 1. The van der Waals surface area contributed by atoms with Crippen LogP contribution in [0.4, 0.5) is 5.82 Å². The quantitative estimate of drug-likeness (QED) is 0.675. The van der Waals surface area contributed by atoms with E-state index in [1.54, 1.807) is 39.1 Å². The maximum absolute atomic E-state index is 12.4. The zero-order valence-corrected chi connectivity index (χ0v) is 16.7. The van der Waals surface area contributed by atoms with Crippen LogP contribution >= 0.6 is 0 Å². The minimum absolute atomic E-state index is 0.0626. The number of aromatic nitrogens is 3. The van der Waals surface area contributed by atoms with Crippen molar-refractivity contribution in [1.82, 2.24) is 15.0 Å². The van der Waals surface area contributed by atoms with Gasteiger partial charge in [0.1, 0.15) is 17.8 Å². The third-order valence-electron chi connectivity index (χ3n) is 4.18. The van der Waals surface area contributed by atoms with Crippen LogP contribution in [0.15, 0.2) is 38.4 Å². The summed E-state index contributed by atoms with van der Waals surface area (Å²) in [6, 6.07) is 4.58. The number of hydrogen-bond acceptors (Lipinski definition) is 7. The molecular weight excluding hydrogens is 376 g/mol. The van der Waals surface area contributed by atoms with E-state index in [2.05, 4.69) is 20.3 Å². The number of ether oxygens (including phenoxy) is 1. The third kappa shape index (κ3) is 4.68. The number of rotatable bonds is 5. The Labute approximate surface area is 166 Å². The van der Waals surface area contributed by atoms with Crippen LogP contribution in [-0.4, -0.2) is 20.9 Å². The first kappa shape index (κ1) is 20.2. The Kier molecular flexibility index (Phi) is 5.49. The molecular formula is C20H22N4O5. The molecule has 0 aliphatic carbocycles. The lowest BCUT2D eigenvalue weighted by molar-refractivity contribution is -0.123. The number of carbonyl (C=O) groups excluding carboxylic acids is 1. The monoisotopic (exact) mass is 398 g/mol.